The van der Waals surface area contributed by atoms with Crippen LogP contribution in [0.4, 0.5) is 10.1 Å². The topological polar surface area (TPSA) is 93.3 Å². The number of aryl methyl sites for hydroxylation is 1. The average Bonchev–Trinajstić information content (AvgIpc) is 3.57. The van der Waals surface area contributed by atoms with Crippen molar-refractivity contribution >= 4 is 16.6 Å². The summed E-state index contributed by atoms with van der Waals surface area (Å²) in [6.45, 7) is 3.17. The third-order valence-corrected chi connectivity index (χ3v) is 6.75. The van der Waals surface area contributed by atoms with Gasteiger partial charge in [0.05, 0.1) is 18.3 Å². The van der Waals surface area contributed by atoms with Gasteiger partial charge >= 0.3 is 5.69 Å². The standard InChI is InChI=1S/C20H25FN4O3/c1-10-15-13(18(26)23-19(27)25(15)12-3-4-12)17(28-2)14(21)16(10)24-8-5-11(9-24)20(22)6-7-20/h11-12H,3-9,22H2,1-2H3,(H,23,26,27). The summed E-state index contributed by atoms with van der Waals surface area (Å²) in [6, 6.07) is 0.0404. The number of ether oxygens (including phenoxy) is 1. The van der Waals surface area contributed by atoms with E-state index in [1.807, 2.05) is 4.90 Å². The van der Waals surface area contributed by atoms with E-state index in [2.05, 4.69) is 4.98 Å². The number of H-pyrrole nitrogens is 1. The van der Waals surface area contributed by atoms with Crippen LogP contribution in [-0.2, 0) is 0 Å². The molecule has 3 N–H and O–H groups in total. The van der Waals surface area contributed by atoms with E-state index >= 15 is 4.39 Å². The van der Waals surface area contributed by atoms with Crippen LogP contribution in [-0.4, -0.2) is 35.3 Å². The minimum absolute atomic E-state index is 0.0404. The molecule has 1 aromatic heterocycles. The number of fused-ring (bicyclic) bond motifs is 1. The molecule has 2 aromatic rings. The Balaban J connectivity index is 1.75. The molecule has 150 valence electrons. The van der Waals surface area contributed by atoms with Crippen molar-refractivity contribution in [3.8, 4) is 5.75 Å². The number of halogens is 1. The molecule has 2 aliphatic carbocycles. The second kappa shape index (κ2) is 5.83. The molecule has 1 aromatic carbocycles. The summed E-state index contributed by atoms with van der Waals surface area (Å²) in [4.78, 5) is 29.4. The number of aromatic nitrogens is 2. The Morgan fingerprint density at radius 3 is 2.57 bits per heavy atom. The summed E-state index contributed by atoms with van der Waals surface area (Å²) in [5.41, 5.74) is 6.75. The zero-order valence-corrected chi connectivity index (χ0v) is 16.2. The summed E-state index contributed by atoms with van der Waals surface area (Å²) in [5, 5.41) is 0.112. The quantitative estimate of drug-likeness (QED) is 0.833. The number of benzene rings is 1. The molecule has 2 saturated carbocycles. The van der Waals surface area contributed by atoms with Crippen LogP contribution in [0, 0.1) is 18.7 Å². The SMILES string of the molecule is COc1c(F)c(N2CCC(C3(N)CC3)C2)c(C)c2c1c(=O)[nH]c(=O)n2C1CC1. The summed E-state index contributed by atoms with van der Waals surface area (Å²) < 4.78 is 22.5. The molecule has 5 rings (SSSR count). The van der Waals surface area contributed by atoms with Crippen molar-refractivity contribution in [3.63, 3.8) is 0 Å². The van der Waals surface area contributed by atoms with Gasteiger partial charge in [-0.05, 0) is 44.9 Å². The van der Waals surface area contributed by atoms with E-state index in [9.17, 15) is 9.59 Å². The maximum absolute atomic E-state index is 15.5. The van der Waals surface area contributed by atoms with Crippen LogP contribution < -0.4 is 26.6 Å². The van der Waals surface area contributed by atoms with Crippen molar-refractivity contribution in [3.05, 3.63) is 32.2 Å². The van der Waals surface area contributed by atoms with Gasteiger partial charge in [-0.15, -0.1) is 0 Å². The first-order chi connectivity index (χ1) is 13.4. The lowest BCUT2D eigenvalue weighted by Gasteiger charge is -2.26. The lowest BCUT2D eigenvalue weighted by atomic mass is 9.97. The average molecular weight is 388 g/mol. The number of anilines is 1. The summed E-state index contributed by atoms with van der Waals surface area (Å²) >= 11 is 0. The van der Waals surface area contributed by atoms with Crippen molar-refractivity contribution in [1.29, 1.82) is 0 Å². The van der Waals surface area contributed by atoms with Crippen LogP contribution in [0.25, 0.3) is 10.9 Å². The highest BCUT2D eigenvalue weighted by Crippen LogP contribution is 2.47. The van der Waals surface area contributed by atoms with Gasteiger partial charge in [0, 0.05) is 30.2 Å². The third-order valence-electron chi connectivity index (χ3n) is 6.75. The van der Waals surface area contributed by atoms with Crippen LogP contribution in [0.3, 0.4) is 0 Å². The predicted molar refractivity (Wildman–Crippen MR) is 105 cm³/mol. The molecular weight excluding hydrogens is 363 g/mol. The van der Waals surface area contributed by atoms with E-state index in [4.69, 9.17) is 10.5 Å². The Morgan fingerprint density at radius 2 is 1.96 bits per heavy atom. The van der Waals surface area contributed by atoms with E-state index in [0.717, 1.165) is 32.1 Å². The lowest BCUT2D eigenvalue weighted by Crippen LogP contribution is -2.35. The molecule has 2 heterocycles. The van der Waals surface area contributed by atoms with Crippen LogP contribution in [0.1, 0.15) is 43.7 Å². The Bertz CT molecular complexity index is 1100. The van der Waals surface area contributed by atoms with Crippen molar-refractivity contribution in [2.24, 2.45) is 11.7 Å². The van der Waals surface area contributed by atoms with Gasteiger partial charge in [-0.3, -0.25) is 14.3 Å². The molecule has 1 saturated heterocycles. The molecule has 0 spiro atoms. The number of methoxy groups -OCH3 is 1. The Hall–Kier alpha value is -2.35. The zero-order chi connectivity index (χ0) is 19.8. The lowest BCUT2D eigenvalue weighted by molar-refractivity contribution is 0.390. The third kappa shape index (κ3) is 2.43. The van der Waals surface area contributed by atoms with E-state index in [1.54, 1.807) is 11.5 Å². The van der Waals surface area contributed by atoms with E-state index in [0.29, 0.717) is 35.8 Å². The van der Waals surface area contributed by atoms with Crippen molar-refractivity contribution in [1.82, 2.24) is 9.55 Å². The van der Waals surface area contributed by atoms with E-state index in [-0.39, 0.29) is 22.7 Å². The smallest absolute Gasteiger partial charge is 0.329 e. The number of hydrogen-bond acceptors (Lipinski definition) is 5. The molecule has 1 aliphatic heterocycles. The molecule has 0 bridgehead atoms. The largest absolute Gasteiger partial charge is 0.493 e. The summed E-state index contributed by atoms with van der Waals surface area (Å²) in [5.74, 6) is -0.303. The van der Waals surface area contributed by atoms with Crippen molar-refractivity contribution in [2.45, 2.75) is 50.6 Å². The van der Waals surface area contributed by atoms with Gasteiger partial charge < -0.3 is 15.4 Å². The van der Waals surface area contributed by atoms with Crippen LogP contribution in [0.2, 0.25) is 0 Å². The minimum atomic E-state index is -0.611. The maximum atomic E-state index is 15.5. The number of nitrogens with two attached hydrogens (primary N) is 1. The molecular formula is C20H25FN4O3. The fraction of sp³-hybridized carbons (Fsp3) is 0.600. The molecule has 0 amide bonds. The monoisotopic (exact) mass is 388 g/mol. The molecule has 1 atom stereocenters. The van der Waals surface area contributed by atoms with Crippen molar-refractivity contribution < 1.29 is 9.13 Å². The summed E-state index contributed by atoms with van der Waals surface area (Å²) in [6.07, 6.45) is 4.70. The van der Waals surface area contributed by atoms with E-state index < -0.39 is 17.1 Å². The Labute approximate surface area is 161 Å². The number of nitrogens with zero attached hydrogens (tertiary/aromatic N) is 2. The van der Waals surface area contributed by atoms with Crippen LogP contribution in [0.15, 0.2) is 9.59 Å². The second-order valence-electron chi connectivity index (χ2n) is 8.57. The molecule has 3 aliphatic rings. The molecule has 1 unspecified atom stereocenters. The molecule has 3 fully saturated rings. The van der Waals surface area contributed by atoms with Gasteiger partial charge in [0.1, 0.15) is 5.39 Å². The zero-order valence-electron chi connectivity index (χ0n) is 16.2. The fourth-order valence-electron chi connectivity index (χ4n) is 4.86. The summed E-state index contributed by atoms with van der Waals surface area (Å²) in [7, 11) is 1.36. The highest BCUT2D eigenvalue weighted by Gasteiger charge is 2.48. The van der Waals surface area contributed by atoms with E-state index in [1.165, 1.54) is 7.11 Å². The normalized spacial score (nSPS) is 23.4. The number of hydrogen-bond donors (Lipinski definition) is 2. The molecule has 7 nitrogen and oxygen atoms in total. The highest BCUT2D eigenvalue weighted by atomic mass is 19.1. The Morgan fingerprint density at radius 1 is 1.25 bits per heavy atom. The minimum Gasteiger partial charge on any atom is -0.493 e. The van der Waals surface area contributed by atoms with Crippen LogP contribution >= 0.6 is 0 Å². The number of rotatable bonds is 4. The first-order valence-electron chi connectivity index (χ1n) is 9.94. The number of nitrogens with one attached hydrogen (secondary N) is 1. The van der Waals surface area contributed by atoms with Gasteiger partial charge in [0.25, 0.3) is 5.56 Å². The first-order valence-corrected chi connectivity index (χ1v) is 9.94. The maximum Gasteiger partial charge on any atom is 0.329 e. The fourth-order valence-corrected chi connectivity index (χ4v) is 4.86. The van der Waals surface area contributed by atoms with Crippen molar-refractivity contribution in [2.75, 3.05) is 25.1 Å². The molecule has 0 radical (unpaired) electrons. The molecule has 8 heteroatoms. The number of aromatic amines is 1. The van der Waals surface area contributed by atoms with Gasteiger partial charge in [0.15, 0.2) is 11.6 Å². The predicted octanol–water partition coefficient (Wildman–Crippen LogP) is 1.80. The second-order valence-corrected chi connectivity index (χ2v) is 8.57. The molecule has 28 heavy (non-hydrogen) atoms. The van der Waals surface area contributed by atoms with Gasteiger partial charge in [-0.25, -0.2) is 9.18 Å². The van der Waals surface area contributed by atoms with Gasteiger partial charge in [-0.1, -0.05) is 0 Å². The highest BCUT2D eigenvalue weighted by molar-refractivity contribution is 5.93. The van der Waals surface area contributed by atoms with Gasteiger partial charge in [0.2, 0.25) is 0 Å². The Kier molecular flexibility index (Phi) is 3.69. The first kappa shape index (κ1) is 17.7. The van der Waals surface area contributed by atoms with Crippen LogP contribution in [0.5, 0.6) is 5.75 Å². The van der Waals surface area contributed by atoms with Gasteiger partial charge in [-0.2, -0.15) is 0 Å².